The van der Waals surface area contributed by atoms with Crippen molar-refractivity contribution in [1.29, 1.82) is 0 Å². The fraction of sp³-hybridized carbons (Fsp3) is 0.0882. The first kappa shape index (κ1) is 26.4. The Bertz CT molecular complexity index is 1730. The number of aliphatic hydroxyl groups excluding tert-OH is 1. The Balaban J connectivity index is 1.50. The van der Waals surface area contributed by atoms with Crippen molar-refractivity contribution < 1.29 is 19.1 Å². The first-order chi connectivity index (χ1) is 19.5. The van der Waals surface area contributed by atoms with Crippen LogP contribution in [-0.4, -0.2) is 30.6 Å². The number of benzene rings is 4. The van der Waals surface area contributed by atoms with Crippen molar-refractivity contribution in [3.05, 3.63) is 132 Å². The molecular formula is C34H28N2O4. The lowest BCUT2D eigenvalue weighted by Crippen LogP contribution is -2.30. The summed E-state index contributed by atoms with van der Waals surface area (Å²) in [5, 5.41) is 16.2. The smallest absolute Gasteiger partial charge is 0.255 e. The Morgan fingerprint density at radius 1 is 0.900 bits per heavy atom. The fourth-order valence-electron chi connectivity index (χ4n) is 4.68. The molecule has 0 saturated carbocycles. The lowest BCUT2D eigenvalue weighted by molar-refractivity contribution is 0.0915. The number of hydrogen-bond acceptors (Lipinski definition) is 4. The zero-order chi connectivity index (χ0) is 28.1. The molecule has 1 aromatic heterocycles. The highest BCUT2D eigenvalue weighted by Gasteiger charge is 2.22. The third-order valence-corrected chi connectivity index (χ3v) is 6.73. The number of carbonyl (C=O) groups excluding carboxylic acids is 2. The fourth-order valence-corrected chi connectivity index (χ4v) is 4.68. The van der Waals surface area contributed by atoms with Crippen molar-refractivity contribution in [2.24, 2.45) is 0 Å². The minimum atomic E-state index is -0.518. The Kier molecular flexibility index (Phi) is 7.74. The standard InChI is InChI=1S/C34H28N2O4/c1-3-8-22-13-15-24(16-14-22)32-31(34(39)35-2)28-20-26(17-18-30(28)40-32)25-11-7-12-27(19-25)33(38)36-29(21-37)23-9-5-4-6-10-23/h4-20,29,37H,1,21H2,2H3,(H,35,39)(H,36,38). The summed E-state index contributed by atoms with van der Waals surface area (Å²) in [5.74, 6) is -0.0769. The zero-order valence-corrected chi connectivity index (χ0v) is 22.0. The molecule has 198 valence electrons. The maximum Gasteiger partial charge on any atom is 0.255 e. The molecule has 0 fully saturated rings. The van der Waals surface area contributed by atoms with Crippen LogP contribution in [0.15, 0.2) is 114 Å². The molecule has 6 heteroatoms. The summed E-state index contributed by atoms with van der Waals surface area (Å²) in [6.45, 7) is 3.39. The van der Waals surface area contributed by atoms with Crippen LogP contribution in [-0.2, 0) is 0 Å². The van der Waals surface area contributed by atoms with Crippen LogP contribution in [0, 0.1) is 0 Å². The second-order valence-electron chi connectivity index (χ2n) is 9.27. The van der Waals surface area contributed by atoms with Crippen LogP contribution in [0.4, 0.5) is 0 Å². The number of rotatable bonds is 8. The van der Waals surface area contributed by atoms with Crippen molar-refractivity contribution in [1.82, 2.24) is 10.6 Å². The van der Waals surface area contributed by atoms with Gasteiger partial charge in [-0.15, -0.1) is 5.73 Å². The molecule has 0 aliphatic carbocycles. The highest BCUT2D eigenvalue weighted by molar-refractivity contribution is 6.12. The van der Waals surface area contributed by atoms with Crippen molar-refractivity contribution >= 4 is 28.9 Å². The van der Waals surface area contributed by atoms with Gasteiger partial charge in [-0.2, -0.15) is 0 Å². The molecule has 4 aromatic carbocycles. The monoisotopic (exact) mass is 528 g/mol. The van der Waals surface area contributed by atoms with Crippen LogP contribution in [0.25, 0.3) is 39.5 Å². The second kappa shape index (κ2) is 11.7. The van der Waals surface area contributed by atoms with Crippen LogP contribution >= 0.6 is 0 Å². The summed E-state index contributed by atoms with van der Waals surface area (Å²) in [5.41, 5.74) is 8.40. The van der Waals surface area contributed by atoms with Gasteiger partial charge in [0.2, 0.25) is 0 Å². The predicted molar refractivity (Wildman–Crippen MR) is 158 cm³/mol. The zero-order valence-electron chi connectivity index (χ0n) is 22.0. The molecule has 6 nitrogen and oxygen atoms in total. The topological polar surface area (TPSA) is 91.6 Å². The molecule has 3 N–H and O–H groups in total. The summed E-state index contributed by atoms with van der Waals surface area (Å²) in [6, 6.07) is 29.3. The molecule has 1 unspecified atom stereocenters. The molecule has 1 atom stereocenters. The van der Waals surface area contributed by atoms with E-state index in [-0.39, 0.29) is 18.4 Å². The van der Waals surface area contributed by atoms with Gasteiger partial charge >= 0.3 is 0 Å². The predicted octanol–water partition coefficient (Wildman–Crippen LogP) is 6.39. The maximum absolute atomic E-state index is 13.1. The normalized spacial score (nSPS) is 11.4. The highest BCUT2D eigenvalue weighted by atomic mass is 16.3. The largest absolute Gasteiger partial charge is 0.455 e. The van der Waals surface area contributed by atoms with Crippen molar-refractivity contribution in [3.8, 4) is 22.5 Å². The Labute approximate surface area is 232 Å². The third kappa shape index (κ3) is 5.36. The van der Waals surface area contributed by atoms with Gasteiger partial charge in [-0.3, -0.25) is 9.59 Å². The van der Waals surface area contributed by atoms with E-state index < -0.39 is 6.04 Å². The lowest BCUT2D eigenvalue weighted by atomic mass is 9.98. The molecule has 0 spiro atoms. The number of furan rings is 1. The molecule has 0 bridgehead atoms. The van der Waals surface area contributed by atoms with E-state index in [1.165, 1.54) is 0 Å². The number of aliphatic hydroxyl groups is 1. The molecule has 0 aliphatic heterocycles. The number of nitrogens with one attached hydrogen (secondary N) is 2. The van der Waals surface area contributed by atoms with E-state index in [0.717, 1.165) is 27.8 Å². The molecule has 40 heavy (non-hydrogen) atoms. The number of hydrogen-bond donors (Lipinski definition) is 3. The summed E-state index contributed by atoms with van der Waals surface area (Å²) >= 11 is 0. The van der Waals surface area contributed by atoms with Gasteiger partial charge < -0.3 is 20.2 Å². The summed E-state index contributed by atoms with van der Waals surface area (Å²) < 4.78 is 6.17. The minimum absolute atomic E-state index is 0.217. The van der Waals surface area contributed by atoms with Gasteiger partial charge in [-0.25, -0.2) is 0 Å². The Morgan fingerprint density at radius 2 is 1.62 bits per heavy atom. The Hall–Kier alpha value is -5.16. The van der Waals surface area contributed by atoms with Gasteiger partial charge in [0.15, 0.2) is 0 Å². The van der Waals surface area contributed by atoms with Crippen molar-refractivity contribution in [2.75, 3.05) is 13.7 Å². The van der Waals surface area contributed by atoms with E-state index in [1.807, 2.05) is 84.9 Å². The minimum Gasteiger partial charge on any atom is -0.455 e. The van der Waals surface area contributed by atoms with E-state index in [2.05, 4.69) is 22.9 Å². The molecule has 0 radical (unpaired) electrons. The number of carbonyl (C=O) groups is 2. The van der Waals surface area contributed by atoms with Crippen LogP contribution in [0.1, 0.15) is 37.9 Å². The van der Waals surface area contributed by atoms with Gasteiger partial charge in [0, 0.05) is 23.6 Å². The highest BCUT2D eigenvalue weighted by Crippen LogP contribution is 2.36. The van der Waals surface area contributed by atoms with Gasteiger partial charge in [-0.1, -0.05) is 79.4 Å². The molecule has 5 aromatic rings. The molecule has 5 rings (SSSR count). The van der Waals surface area contributed by atoms with E-state index in [4.69, 9.17) is 4.42 Å². The van der Waals surface area contributed by atoms with Crippen LogP contribution in [0.3, 0.4) is 0 Å². The van der Waals surface area contributed by atoms with E-state index in [0.29, 0.717) is 27.9 Å². The summed E-state index contributed by atoms with van der Waals surface area (Å²) in [6.07, 6.45) is 1.77. The van der Waals surface area contributed by atoms with Crippen molar-refractivity contribution in [3.63, 3.8) is 0 Å². The van der Waals surface area contributed by atoms with Crippen LogP contribution < -0.4 is 10.6 Å². The average molecular weight is 529 g/mol. The molecule has 0 aliphatic rings. The molecular weight excluding hydrogens is 500 g/mol. The Morgan fingerprint density at radius 3 is 2.33 bits per heavy atom. The van der Waals surface area contributed by atoms with Gasteiger partial charge in [0.25, 0.3) is 11.8 Å². The molecule has 1 heterocycles. The van der Waals surface area contributed by atoms with Gasteiger partial charge in [-0.05, 0) is 52.6 Å². The quantitative estimate of drug-likeness (QED) is 0.204. The van der Waals surface area contributed by atoms with Gasteiger partial charge in [0.05, 0.1) is 18.2 Å². The van der Waals surface area contributed by atoms with Crippen LogP contribution in [0.2, 0.25) is 0 Å². The third-order valence-electron chi connectivity index (χ3n) is 6.73. The van der Waals surface area contributed by atoms with E-state index in [9.17, 15) is 14.7 Å². The van der Waals surface area contributed by atoms with Gasteiger partial charge in [0.1, 0.15) is 11.3 Å². The summed E-state index contributed by atoms with van der Waals surface area (Å²) in [7, 11) is 1.59. The van der Waals surface area contributed by atoms with Crippen LogP contribution in [0.5, 0.6) is 0 Å². The van der Waals surface area contributed by atoms with Crippen molar-refractivity contribution in [2.45, 2.75) is 6.04 Å². The second-order valence-corrected chi connectivity index (χ2v) is 9.27. The van der Waals surface area contributed by atoms with E-state index in [1.54, 1.807) is 25.3 Å². The summed E-state index contributed by atoms with van der Waals surface area (Å²) in [4.78, 5) is 26.1. The van der Waals surface area contributed by atoms with E-state index >= 15 is 0 Å². The number of fused-ring (bicyclic) bond motifs is 1. The molecule has 2 amide bonds. The first-order valence-corrected chi connectivity index (χ1v) is 12.8. The molecule has 0 saturated heterocycles. The maximum atomic E-state index is 13.1. The SMILES string of the molecule is C=C=Cc1ccc(-c2oc3ccc(-c4cccc(C(=O)NC(CO)c5ccccc5)c4)cc3c2C(=O)NC)cc1. The number of amides is 2. The first-order valence-electron chi connectivity index (χ1n) is 12.8. The average Bonchev–Trinajstić information content (AvgIpc) is 3.39. The lowest BCUT2D eigenvalue weighted by Gasteiger charge is -2.17.